The second-order valence-electron chi connectivity index (χ2n) is 6.01. The van der Waals surface area contributed by atoms with E-state index in [2.05, 4.69) is 28.6 Å². The number of hydrogen-bond acceptors (Lipinski definition) is 5. The van der Waals surface area contributed by atoms with Crippen molar-refractivity contribution in [2.45, 2.75) is 24.3 Å². The highest BCUT2D eigenvalue weighted by Crippen LogP contribution is 2.32. The summed E-state index contributed by atoms with van der Waals surface area (Å²) in [5.41, 5.74) is 1.63. The van der Waals surface area contributed by atoms with E-state index in [9.17, 15) is 13.2 Å². The summed E-state index contributed by atoms with van der Waals surface area (Å²) in [6.45, 7) is 3.17. The lowest BCUT2D eigenvalue weighted by molar-refractivity contribution is -0.117. The molecule has 1 amide bonds. The van der Waals surface area contributed by atoms with Crippen LogP contribution in [0.25, 0.3) is 0 Å². The number of thiophene rings is 1. The van der Waals surface area contributed by atoms with Gasteiger partial charge < -0.3 is 5.32 Å². The molecule has 0 aliphatic carbocycles. The van der Waals surface area contributed by atoms with Crippen LogP contribution in [0.3, 0.4) is 0 Å². The average molecular weight is 364 g/mol. The smallest absolute Gasteiger partial charge is 0.238 e. The highest BCUT2D eigenvalue weighted by molar-refractivity contribution is 7.90. The van der Waals surface area contributed by atoms with E-state index < -0.39 is 9.84 Å². The fourth-order valence-corrected chi connectivity index (χ4v) is 4.85. The third kappa shape index (κ3) is 3.53. The lowest BCUT2D eigenvalue weighted by Crippen LogP contribution is -2.39. The van der Waals surface area contributed by atoms with Crippen LogP contribution < -0.4 is 5.32 Å². The first-order chi connectivity index (χ1) is 11.4. The number of rotatable bonds is 4. The Morgan fingerprint density at radius 1 is 1.33 bits per heavy atom. The van der Waals surface area contributed by atoms with Crippen LogP contribution in [-0.2, 0) is 21.1 Å². The number of nitrogens with one attached hydrogen (secondary N) is 1. The maximum absolute atomic E-state index is 12.4. The molecule has 1 unspecified atom stereocenters. The molecule has 128 valence electrons. The summed E-state index contributed by atoms with van der Waals surface area (Å²) in [5, 5.41) is 4.84. The maximum atomic E-state index is 12.4. The Labute approximate surface area is 146 Å². The number of carbonyl (C=O) groups is 1. The zero-order chi connectivity index (χ0) is 17.3. The molecule has 0 bridgehead atoms. The zero-order valence-corrected chi connectivity index (χ0v) is 15.3. The highest BCUT2D eigenvalue weighted by Gasteiger charge is 2.26. The normalized spacial score (nSPS) is 18.2. The largest absolute Gasteiger partial charge is 0.324 e. The summed E-state index contributed by atoms with van der Waals surface area (Å²) in [7, 11) is -3.38. The predicted molar refractivity (Wildman–Crippen MR) is 96.2 cm³/mol. The molecule has 1 aliphatic heterocycles. The second kappa shape index (κ2) is 6.66. The highest BCUT2D eigenvalue weighted by atomic mass is 32.2. The van der Waals surface area contributed by atoms with E-state index in [1.54, 1.807) is 29.5 Å². The Morgan fingerprint density at radius 3 is 2.83 bits per heavy atom. The number of nitrogens with zero attached hydrogens (tertiary/aromatic N) is 1. The fraction of sp³-hybridized carbons (Fsp3) is 0.353. The van der Waals surface area contributed by atoms with Crippen molar-refractivity contribution in [2.24, 2.45) is 0 Å². The minimum absolute atomic E-state index is 0.144. The topological polar surface area (TPSA) is 66.5 Å². The third-order valence-electron chi connectivity index (χ3n) is 4.31. The minimum atomic E-state index is -3.38. The molecule has 24 heavy (non-hydrogen) atoms. The van der Waals surface area contributed by atoms with Crippen LogP contribution in [0.5, 0.6) is 0 Å². The maximum Gasteiger partial charge on any atom is 0.238 e. The summed E-state index contributed by atoms with van der Waals surface area (Å²) >= 11 is 1.76. The first kappa shape index (κ1) is 17.1. The summed E-state index contributed by atoms with van der Waals surface area (Å²) in [6.07, 6.45) is 2.09. The van der Waals surface area contributed by atoms with Gasteiger partial charge in [0.05, 0.1) is 17.1 Å². The molecule has 0 spiro atoms. The zero-order valence-electron chi connectivity index (χ0n) is 13.7. The number of anilines is 1. The second-order valence-corrected chi connectivity index (χ2v) is 9.00. The van der Waals surface area contributed by atoms with Gasteiger partial charge in [-0.25, -0.2) is 8.42 Å². The Bertz CT molecular complexity index is 858. The summed E-state index contributed by atoms with van der Waals surface area (Å²) in [5.74, 6) is -0.198. The van der Waals surface area contributed by atoms with Gasteiger partial charge in [0.1, 0.15) is 0 Å². The Kier molecular flexibility index (Phi) is 4.76. The molecule has 1 N–H and O–H groups in total. The van der Waals surface area contributed by atoms with Crippen molar-refractivity contribution in [3.63, 3.8) is 0 Å². The molecule has 3 rings (SSSR count). The van der Waals surface area contributed by atoms with Crippen LogP contribution in [0.1, 0.15) is 23.4 Å². The predicted octanol–water partition coefficient (Wildman–Crippen LogP) is 2.71. The van der Waals surface area contributed by atoms with Gasteiger partial charge in [0.15, 0.2) is 9.84 Å². The van der Waals surface area contributed by atoms with E-state index in [1.165, 1.54) is 16.5 Å². The number of sulfone groups is 1. The fourth-order valence-electron chi connectivity index (χ4n) is 3.04. The first-order valence-corrected chi connectivity index (χ1v) is 10.5. The van der Waals surface area contributed by atoms with Crippen molar-refractivity contribution in [3.05, 3.63) is 46.2 Å². The van der Waals surface area contributed by atoms with Crippen molar-refractivity contribution >= 4 is 32.8 Å². The monoisotopic (exact) mass is 364 g/mol. The average Bonchev–Trinajstić information content (AvgIpc) is 2.99. The van der Waals surface area contributed by atoms with Crippen molar-refractivity contribution in [2.75, 3.05) is 24.7 Å². The van der Waals surface area contributed by atoms with Crippen molar-refractivity contribution in [1.29, 1.82) is 0 Å². The van der Waals surface area contributed by atoms with Gasteiger partial charge in [-0.1, -0.05) is 12.1 Å². The molecular weight excluding hydrogens is 344 g/mol. The van der Waals surface area contributed by atoms with E-state index in [0.717, 1.165) is 19.2 Å². The van der Waals surface area contributed by atoms with E-state index in [0.29, 0.717) is 5.69 Å². The van der Waals surface area contributed by atoms with Gasteiger partial charge in [-0.05, 0) is 42.5 Å². The molecule has 1 aromatic heterocycles. The van der Waals surface area contributed by atoms with Crippen LogP contribution in [0.2, 0.25) is 0 Å². The number of amides is 1. The van der Waals surface area contributed by atoms with Crippen molar-refractivity contribution in [3.8, 4) is 0 Å². The van der Waals surface area contributed by atoms with Crippen LogP contribution in [0.15, 0.2) is 40.6 Å². The summed E-state index contributed by atoms with van der Waals surface area (Å²) in [6, 6.07) is 8.79. The molecule has 2 heterocycles. The number of hydrogen-bond donors (Lipinski definition) is 1. The summed E-state index contributed by atoms with van der Waals surface area (Å²) < 4.78 is 23.6. The quantitative estimate of drug-likeness (QED) is 0.906. The summed E-state index contributed by atoms with van der Waals surface area (Å²) in [4.78, 5) is 16.1. The Morgan fingerprint density at radius 2 is 2.08 bits per heavy atom. The number of para-hydroxylation sites is 1. The van der Waals surface area contributed by atoms with E-state index in [1.807, 2.05) is 0 Å². The van der Waals surface area contributed by atoms with Crippen molar-refractivity contribution in [1.82, 2.24) is 4.90 Å². The number of benzene rings is 1. The molecule has 7 heteroatoms. The molecule has 0 fully saturated rings. The van der Waals surface area contributed by atoms with Crippen LogP contribution in [0.4, 0.5) is 5.69 Å². The standard InChI is InChI=1S/C17H20N2O3S2/c1-12-13-8-10-23-15(13)7-9-19(12)11-17(20)18-14-5-3-4-6-16(14)24(2,21)22/h3-6,8,10,12H,7,9,11H2,1-2H3,(H,18,20). The van der Waals surface area contributed by atoms with Crippen LogP contribution in [0, 0.1) is 0 Å². The van der Waals surface area contributed by atoms with Crippen LogP contribution >= 0.6 is 11.3 Å². The molecule has 1 aromatic carbocycles. The van der Waals surface area contributed by atoms with Gasteiger partial charge in [0.2, 0.25) is 5.91 Å². The lowest BCUT2D eigenvalue weighted by atomic mass is 10.0. The number of carbonyl (C=O) groups excluding carboxylic acids is 1. The van der Waals surface area contributed by atoms with Crippen molar-refractivity contribution < 1.29 is 13.2 Å². The molecule has 1 atom stereocenters. The van der Waals surface area contributed by atoms with Crippen LogP contribution in [-0.4, -0.2) is 38.6 Å². The van der Waals surface area contributed by atoms with Gasteiger partial charge in [0, 0.05) is 23.7 Å². The van der Waals surface area contributed by atoms with Gasteiger partial charge in [-0.2, -0.15) is 0 Å². The Balaban J connectivity index is 1.72. The first-order valence-electron chi connectivity index (χ1n) is 7.75. The molecule has 5 nitrogen and oxygen atoms in total. The molecule has 1 aliphatic rings. The lowest BCUT2D eigenvalue weighted by Gasteiger charge is -2.32. The minimum Gasteiger partial charge on any atom is -0.324 e. The van der Waals surface area contributed by atoms with Gasteiger partial charge in [-0.3, -0.25) is 9.69 Å². The van der Waals surface area contributed by atoms with Gasteiger partial charge in [-0.15, -0.1) is 11.3 Å². The van der Waals surface area contributed by atoms with E-state index >= 15 is 0 Å². The molecule has 0 saturated heterocycles. The number of fused-ring (bicyclic) bond motifs is 1. The van der Waals surface area contributed by atoms with E-state index in [-0.39, 0.29) is 23.4 Å². The third-order valence-corrected chi connectivity index (χ3v) is 6.46. The molecule has 0 radical (unpaired) electrons. The van der Waals surface area contributed by atoms with Gasteiger partial charge in [0.25, 0.3) is 0 Å². The molecular formula is C17H20N2O3S2. The SMILES string of the molecule is CC1c2ccsc2CCN1CC(=O)Nc1ccccc1S(C)(=O)=O. The van der Waals surface area contributed by atoms with E-state index in [4.69, 9.17) is 0 Å². The molecule has 0 saturated carbocycles. The Hall–Kier alpha value is -1.70. The van der Waals surface area contributed by atoms with Gasteiger partial charge >= 0.3 is 0 Å². The molecule has 2 aromatic rings.